The Hall–Kier alpha value is -1.58. The lowest BCUT2D eigenvalue weighted by molar-refractivity contribution is 0.112. The molecule has 0 saturated heterocycles. The summed E-state index contributed by atoms with van der Waals surface area (Å²) in [5, 5.41) is 2.98. The van der Waals surface area contributed by atoms with Crippen LogP contribution in [0.1, 0.15) is 16.1 Å². The summed E-state index contributed by atoms with van der Waals surface area (Å²) in [6.07, 6.45) is 4.24. The highest BCUT2D eigenvalue weighted by molar-refractivity contribution is 5.85. The Morgan fingerprint density at radius 2 is 2.55 bits per heavy atom. The molecule has 0 unspecified atom stereocenters. The van der Waals surface area contributed by atoms with Crippen LogP contribution in [0.3, 0.4) is 0 Å². The van der Waals surface area contributed by atoms with Crippen molar-refractivity contribution in [2.24, 2.45) is 0 Å². The Kier molecular flexibility index (Phi) is 1.09. The first kappa shape index (κ1) is 6.15. The number of imidazole rings is 1. The molecule has 2 aromatic rings. The van der Waals surface area contributed by atoms with Gasteiger partial charge in [0.25, 0.3) is 0 Å². The van der Waals surface area contributed by atoms with Crippen LogP contribution >= 0.6 is 0 Å². The van der Waals surface area contributed by atoms with Gasteiger partial charge in [-0.1, -0.05) is 0 Å². The van der Waals surface area contributed by atoms with Gasteiger partial charge < -0.3 is 0 Å². The number of hydrogen-bond acceptors (Lipinski definition) is 2. The third kappa shape index (κ3) is 0.690. The number of nitrogens with zero attached hydrogens (tertiary/aromatic N) is 2. The molecule has 2 rings (SSSR count). The summed E-state index contributed by atoms with van der Waals surface area (Å²) in [5.74, 6) is 0. The first-order valence-electron chi connectivity index (χ1n) is 3.29. The summed E-state index contributed by atoms with van der Waals surface area (Å²) >= 11 is 0. The normalized spacial score (nSPS) is 10.6. The maximum atomic E-state index is 10.5. The Labute approximate surface area is 62.8 Å². The molecule has 2 heterocycles. The zero-order valence-corrected chi connectivity index (χ0v) is 6.03. The quantitative estimate of drug-likeness (QED) is 0.609. The van der Waals surface area contributed by atoms with Gasteiger partial charge >= 0.3 is 0 Å². The molecule has 56 valence electrons. The number of fused-ring (bicyclic) bond motifs is 1. The molecule has 0 aliphatic rings. The van der Waals surface area contributed by atoms with Gasteiger partial charge in [0.15, 0.2) is 11.9 Å². The predicted molar refractivity (Wildman–Crippen MR) is 39.7 cm³/mol. The van der Waals surface area contributed by atoms with Crippen molar-refractivity contribution in [1.82, 2.24) is 14.6 Å². The average molecular weight is 149 g/mol. The minimum absolute atomic E-state index is 0.634. The third-order valence-electron chi connectivity index (χ3n) is 1.69. The van der Waals surface area contributed by atoms with Gasteiger partial charge in [0.1, 0.15) is 0 Å². The van der Waals surface area contributed by atoms with Crippen molar-refractivity contribution < 1.29 is 4.79 Å². The van der Waals surface area contributed by atoms with E-state index in [0.29, 0.717) is 11.2 Å². The fourth-order valence-corrected chi connectivity index (χ4v) is 1.14. The Balaban J connectivity index is 2.90. The monoisotopic (exact) mass is 149 g/mol. The minimum Gasteiger partial charge on any atom is -0.298 e. The molecule has 0 atom stereocenters. The van der Waals surface area contributed by atoms with Crippen molar-refractivity contribution in [2.45, 2.75) is 6.92 Å². The predicted octanol–water partition coefficient (Wildman–Crippen LogP) is 0.783. The zero-order valence-electron chi connectivity index (χ0n) is 6.03. The fourth-order valence-electron chi connectivity index (χ4n) is 1.14. The van der Waals surface area contributed by atoms with Crippen molar-refractivity contribution in [2.75, 3.05) is 0 Å². The number of H-pyrrole nitrogens is 1. The largest absolute Gasteiger partial charge is 0.298 e. The number of nitrogens with one attached hydrogen (secondary N) is 1. The lowest BCUT2D eigenvalue weighted by atomic mass is 10.3. The maximum absolute atomic E-state index is 10.5. The van der Waals surface area contributed by atoms with Gasteiger partial charge in [0.2, 0.25) is 0 Å². The number of carbonyl (C=O) groups excluding carboxylic acids is 1. The number of carbonyl (C=O) groups is 1. The smallest absolute Gasteiger partial charge is 0.163 e. The Morgan fingerprint density at radius 1 is 1.73 bits per heavy atom. The molecular weight excluding hydrogens is 142 g/mol. The fraction of sp³-hybridized carbons (Fsp3) is 0.143. The van der Waals surface area contributed by atoms with Crippen molar-refractivity contribution in [3.8, 4) is 0 Å². The highest BCUT2D eigenvalue weighted by Crippen LogP contribution is 2.09. The van der Waals surface area contributed by atoms with Crippen LogP contribution < -0.4 is 0 Å². The van der Waals surface area contributed by atoms with E-state index in [-0.39, 0.29) is 0 Å². The van der Waals surface area contributed by atoms with Gasteiger partial charge in [-0.3, -0.25) is 9.89 Å². The molecule has 0 saturated carbocycles. The van der Waals surface area contributed by atoms with Crippen LogP contribution in [0.2, 0.25) is 0 Å². The second-order valence-electron chi connectivity index (χ2n) is 2.39. The summed E-state index contributed by atoms with van der Waals surface area (Å²) in [5.41, 5.74) is 2.18. The molecule has 0 spiro atoms. The van der Waals surface area contributed by atoms with E-state index in [0.717, 1.165) is 12.0 Å². The zero-order chi connectivity index (χ0) is 7.84. The number of hydrogen-bond donors (Lipinski definition) is 1. The van der Waals surface area contributed by atoms with Crippen LogP contribution in [-0.4, -0.2) is 20.9 Å². The van der Waals surface area contributed by atoms with Crippen LogP contribution in [0, 0.1) is 6.92 Å². The maximum Gasteiger partial charge on any atom is 0.163 e. The van der Waals surface area contributed by atoms with E-state index in [1.807, 2.05) is 6.92 Å². The van der Waals surface area contributed by atoms with Gasteiger partial charge in [-0.25, -0.2) is 9.50 Å². The Bertz CT molecular complexity index is 399. The Morgan fingerprint density at radius 3 is 3.27 bits per heavy atom. The number of aromatic nitrogens is 3. The van der Waals surface area contributed by atoms with Gasteiger partial charge in [-0.05, 0) is 6.92 Å². The third-order valence-corrected chi connectivity index (χ3v) is 1.69. The molecule has 0 radical (unpaired) electrons. The van der Waals surface area contributed by atoms with Gasteiger partial charge in [-0.15, -0.1) is 0 Å². The van der Waals surface area contributed by atoms with E-state index >= 15 is 0 Å². The molecule has 0 fully saturated rings. The van der Waals surface area contributed by atoms with E-state index in [1.165, 1.54) is 0 Å². The molecule has 4 nitrogen and oxygen atoms in total. The summed E-state index contributed by atoms with van der Waals surface area (Å²) in [6, 6.07) is 0. The van der Waals surface area contributed by atoms with Crippen molar-refractivity contribution in [3.05, 3.63) is 23.7 Å². The number of aromatic amines is 1. The van der Waals surface area contributed by atoms with Gasteiger partial charge in [-0.2, -0.15) is 0 Å². The topological polar surface area (TPSA) is 50.2 Å². The van der Waals surface area contributed by atoms with Crippen LogP contribution in [0.25, 0.3) is 5.65 Å². The van der Waals surface area contributed by atoms with E-state index in [4.69, 9.17) is 0 Å². The van der Waals surface area contributed by atoms with E-state index < -0.39 is 0 Å². The van der Waals surface area contributed by atoms with E-state index in [9.17, 15) is 4.79 Å². The van der Waals surface area contributed by atoms with Crippen molar-refractivity contribution in [1.29, 1.82) is 0 Å². The number of aryl methyl sites for hydroxylation is 1. The summed E-state index contributed by atoms with van der Waals surface area (Å²) in [4.78, 5) is 14.5. The molecule has 1 N–H and O–H groups in total. The molecule has 0 aromatic carbocycles. The summed E-state index contributed by atoms with van der Waals surface area (Å²) in [6.45, 7) is 1.85. The van der Waals surface area contributed by atoms with Gasteiger partial charge in [0.05, 0.1) is 5.56 Å². The lowest BCUT2D eigenvalue weighted by Crippen LogP contribution is -1.80. The van der Waals surface area contributed by atoms with E-state index in [1.54, 1.807) is 16.9 Å². The second kappa shape index (κ2) is 1.95. The molecule has 0 aliphatic carbocycles. The highest BCUT2D eigenvalue weighted by atomic mass is 16.1. The SMILES string of the molecule is Cc1[nH]n2ccnc2c1C=O. The average Bonchev–Trinajstić information content (AvgIpc) is 2.46. The molecule has 0 aliphatic heterocycles. The first-order valence-corrected chi connectivity index (χ1v) is 3.29. The van der Waals surface area contributed by atoms with Crippen molar-refractivity contribution >= 4 is 11.9 Å². The minimum atomic E-state index is 0.634. The summed E-state index contributed by atoms with van der Waals surface area (Å²) < 4.78 is 1.72. The van der Waals surface area contributed by atoms with Crippen LogP contribution in [0.5, 0.6) is 0 Å². The molecule has 2 aromatic heterocycles. The molecule has 4 heteroatoms. The van der Waals surface area contributed by atoms with Crippen molar-refractivity contribution in [3.63, 3.8) is 0 Å². The molecular formula is C7H7N3O. The van der Waals surface area contributed by atoms with Crippen LogP contribution in [-0.2, 0) is 0 Å². The van der Waals surface area contributed by atoms with Gasteiger partial charge in [0, 0.05) is 18.1 Å². The summed E-state index contributed by atoms with van der Waals surface area (Å²) in [7, 11) is 0. The van der Waals surface area contributed by atoms with Crippen LogP contribution in [0.4, 0.5) is 0 Å². The highest BCUT2D eigenvalue weighted by Gasteiger charge is 2.06. The second-order valence-corrected chi connectivity index (χ2v) is 2.39. The number of aldehydes is 1. The van der Waals surface area contributed by atoms with E-state index in [2.05, 4.69) is 10.1 Å². The first-order chi connectivity index (χ1) is 5.33. The standard InChI is InChI=1S/C7H7N3O/c1-5-6(4-11)7-8-2-3-10(7)9-5/h2-4,9H,1H3. The molecule has 0 bridgehead atoms. The lowest BCUT2D eigenvalue weighted by Gasteiger charge is -1.81. The number of rotatable bonds is 1. The van der Waals surface area contributed by atoms with Crippen LogP contribution in [0.15, 0.2) is 12.4 Å². The molecule has 0 amide bonds. The molecule has 11 heavy (non-hydrogen) atoms.